The summed E-state index contributed by atoms with van der Waals surface area (Å²) in [5, 5.41) is 7.51. The fourth-order valence-electron chi connectivity index (χ4n) is 5.55. The van der Waals surface area contributed by atoms with Crippen LogP contribution in [0.2, 0.25) is 0 Å². The molecule has 0 radical (unpaired) electrons. The predicted octanol–water partition coefficient (Wildman–Crippen LogP) is 4.37. The van der Waals surface area contributed by atoms with Crippen molar-refractivity contribution in [2.45, 2.75) is 71.3 Å². The quantitative estimate of drug-likeness (QED) is 0.708. The van der Waals surface area contributed by atoms with Crippen LogP contribution in [0.25, 0.3) is 0 Å². The van der Waals surface area contributed by atoms with Gasteiger partial charge in [0.2, 0.25) is 5.91 Å². The first-order valence-corrected chi connectivity index (χ1v) is 13.2. The SMILES string of the molecule is CC(C)C[C@H]1COc2ccccc2CCCCCC2(CCN(C(=O)c3ccnn3C)CC2)C(=O)N1. The minimum absolute atomic E-state index is 0.00579. The largest absolute Gasteiger partial charge is 0.491 e. The highest BCUT2D eigenvalue weighted by molar-refractivity contribution is 5.93. The highest BCUT2D eigenvalue weighted by atomic mass is 16.5. The van der Waals surface area contributed by atoms with Gasteiger partial charge in [-0.1, -0.05) is 44.9 Å². The van der Waals surface area contributed by atoms with Gasteiger partial charge in [-0.2, -0.15) is 5.10 Å². The molecule has 0 saturated carbocycles. The molecule has 7 nitrogen and oxygen atoms in total. The number of piperidine rings is 1. The second kappa shape index (κ2) is 11.3. The second-order valence-corrected chi connectivity index (χ2v) is 10.7. The van der Waals surface area contributed by atoms with Gasteiger partial charge in [0.25, 0.3) is 5.91 Å². The Bertz CT molecular complexity index is 1010. The van der Waals surface area contributed by atoms with E-state index < -0.39 is 5.41 Å². The molecule has 0 aliphatic carbocycles. The summed E-state index contributed by atoms with van der Waals surface area (Å²) >= 11 is 0. The maximum Gasteiger partial charge on any atom is 0.272 e. The number of carbonyl (C=O) groups excluding carboxylic acids is 2. The van der Waals surface area contributed by atoms with Gasteiger partial charge in [0.15, 0.2) is 0 Å². The van der Waals surface area contributed by atoms with Crippen LogP contribution in [0.5, 0.6) is 5.75 Å². The summed E-state index contributed by atoms with van der Waals surface area (Å²) in [6.07, 6.45) is 8.94. The molecule has 3 heterocycles. The standard InChI is InChI=1S/C28H40N4O3/c1-21(2)19-23-20-35-25-11-7-6-10-22(25)9-5-4-8-13-28(27(34)30-23)14-17-32(18-15-28)26(33)24-12-16-29-31(24)3/h6-7,10-12,16,21,23H,4-5,8-9,13-15,17-20H2,1-3H3,(H,30,34)/t23-/m0/s1. The maximum atomic E-state index is 13.8. The van der Waals surface area contributed by atoms with Gasteiger partial charge in [-0.15, -0.1) is 0 Å². The molecule has 2 amide bonds. The average Bonchev–Trinajstić information content (AvgIpc) is 3.28. The molecular weight excluding hydrogens is 440 g/mol. The molecule has 1 saturated heterocycles. The van der Waals surface area contributed by atoms with Crippen molar-refractivity contribution in [1.82, 2.24) is 20.0 Å². The zero-order valence-electron chi connectivity index (χ0n) is 21.5. The van der Waals surface area contributed by atoms with Crippen molar-refractivity contribution in [2.24, 2.45) is 18.4 Å². The van der Waals surface area contributed by atoms with Crippen LogP contribution in [0.1, 0.15) is 74.8 Å². The first-order valence-electron chi connectivity index (χ1n) is 13.2. The van der Waals surface area contributed by atoms with Crippen molar-refractivity contribution in [3.63, 3.8) is 0 Å². The van der Waals surface area contributed by atoms with E-state index in [0.29, 0.717) is 44.1 Å². The average molecular weight is 481 g/mol. The molecule has 4 rings (SSSR count). The number of amides is 2. The lowest BCUT2D eigenvalue weighted by atomic mass is 9.73. The number of aryl methyl sites for hydroxylation is 2. The highest BCUT2D eigenvalue weighted by Crippen LogP contribution is 2.38. The van der Waals surface area contributed by atoms with Crippen molar-refractivity contribution >= 4 is 11.8 Å². The molecule has 0 bridgehead atoms. The molecule has 1 spiro atoms. The van der Waals surface area contributed by atoms with E-state index in [4.69, 9.17) is 4.74 Å². The van der Waals surface area contributed by atoms with Gasteiger partial charge < -0.3 is 15.0 Å². The zero-order valence-corrected chi connectivity index (χ0v) is 21.5. The van der Waals surface area contributed by atoms with Gasteiger partial charge in [-0.05, 0) is 62.1 Å². The number of carbonyl (C=O) groups is 2. The summed E-state index contributed by atoms with van der Waals surface area (Å²) in [6, 6.07) is 10.0. The first-order chi connectivity index (χ1) is 16.9. The van der Waals surface area contributed by atoms with E-state index in [0.717, 1.165) is 44.3 Å². The molecule has 2 aromatic rings. The van der Waals surface area contributed by atoms with Gasteiger partial charge in [0, 0.05) is 26.3 Å². The van der Waals surface area contributed by atoms with Crippen LogP contribution in [-0.4, -0.2) is 52.2 Å². The summed E-state index contributed by atoms with van der Waals surface area (Å²) < 4.78 is 7.88. The number of para-hydroxylation sites is 1. The van der Waals surface area contributed by atoms with Gasteiger partial charge >= 0.3 is 0 Å². The molecule has 2 aliphatic rings. The molecule has 1 N–H and O–H groups in total. The van der Waals surface area contributed by atoms with E-state index in [1.165, 1.54) is 5.56 Å². The molecule has 2 aliphatic heterocycles. The minimum Gasteiger partial charge on any atom is -0.491 e. The molecule has 35 heavy (non-hydrogen) atoms. The summed E-state index contributed by atoms with van der Waals surface area (Å²) in [4.78, 5) is 28.7. The molecule has 7 heteroatoms. The third-order valence-electron chi connectivity index (χ3n) is 7.63. The van der Waals surface area contributed by atoms with Gasteiger partial charge in [-0.3, -0.25) is 14.3 Å². The number of benzene rings is 1. The van der Waals surface area contributed by atoms with E-state index in [1.807, 2.05) is 17.0 Å². The smallest absolute Gasteiger partial charge is 0.272 e. The van der Waals surface area contributed by atoms with Crippen LogP contribution in [0, 0.1) is 11.3 Å². The minimum atomic E-state index is -0.431. The summed E-state index contributed by atoms with van der Waals surface area (Å²) in [5.41, 5.74) is 1.41. The van der Waals surface area contributed by atoms with Crippen molar-refractivity contribution in [3.05, 3.63) is 47.8 Å². The number of nitrogens with one attached hydrogen (secondary N) is 1. The first kappa shape index (κ1) is 25.3. The van der Waals surface area contributed by atoms with Crippen LogP contribution in [0.3, 0.4) is 0 Å². The molecular formula is C28H40N4O3. The van der Waals surface area contributed by atoms with E-state index in [1.54, 1.807) is 24.0 Å². The maximum absolute atomic E-state index is 13.8. The Hall–Kier alpha value is -2.83. The fraction of sp³-hybridized carbons (Fsp3) is 0.607. The van der Waals surface area contributed by atoms with E-state index in [9.17, 15) is 9.59 Å². The number of likely N-dealkylation sites (tertiary alicyclic amines) is 1. The van der Waals surface area contributed by atoms with Crippen LogP contribution in [-0.2, 0) is 18.3 Å². The summed E-state index contributed by atoms with van der Waals surface area (Å²) in [5.74, 6) is 1.51. The molecule has 1 fully saturated rings. The third-order valence-corrected chi connectivity index (χ3v) is 7.63. The van der Waals surface area contributed by atoms with Crippen LogP contribution < -0.4 is 10.1 Å². The summed E-state index contributed by atoms with van der Waals surface area (Å²) in [7, 11) is 1.79. The Labute approximate surface area is 209 Å². The number of fused-ring (bicyclic) bond motifs is 1. The van der Waals surface area contributed by atoms with Crippen molar-refractivity contribution in [1.29, 1.82) is 0 Å². The van der Waals surface area contributed by atoms with Crippen molar-refractivity contribution in [2.75, 3.05) is 19.7 Å². The topological polar surface area (TPSA) is 76.5 Å². The van der Waals surface area contributed by atoms with Gasteiger partial charge in [0.05, 0.1) is 11.5 Å². The Morgan fingerprint density at radius 3 is 2.63 bits per heavy atom. The third kappa shape index (κ3) is 6.06. The van der Waals surface area contributed by atoms with Crippen LogP contribution in [0.4, 0.5) is 0 Å². The van der Waals surface area contributed by atoms with Crippen molar-refractivity contribution < 1.29 is 14.3 Å². The zero-order chi connectivity index (χ0) is 24.8. The lowest BCUT2D eigenvalue weighted by molar-refractivity contribution is -0.135. The molecule has 1 aromatic heterocycles. The van der Waals surface area contributed by atoms with Crippen LogP contribution >= 0.6 is 0 Å². The number of rotatable bonds is 3. The Morgan fingerprint density at radius 1 is 1.14 bits per heavy atom. The monoisotopic (exact) mass is 480 g/mol. The fourth-order valence-corrected chi connectivity index (χ4v) is 5.55. The van der Waals surface area contributed by atoms with E-state index >= 15 is 0 Å². The highest BCUT2D eigenvalue weighted by Gasteiger charge is 2.42. The molecule has 1 atom stereocenters. The molecule has 1 aromatic carbocycles. The number of ether oxygens (including phenoxy) is 1. The van der Waals surface area contributed by atoms with Crippen molar-refractivity contribution in [3.8, 4) is 5.75 Å². The number of nitrogens with zero attached hydrogens (tertiary/aromatic N) is 3. The number of aromatic nitrogens is 2. The second-order valence-electron chi connectivity index (χ2n) is 10.7. The predicted molar refractivity (Wildman–Crippen MR) is 136 cm³/mol. The molecule has 0 unspecified atom stereocenters. The van der Waals surface area contributed by atoms with E-state index in [-0.39, 0.29) is 17.9 Å². The van der Waals surface area contributed by atoms with Gasteiger partial charge in [0.1, 0.15) is 18.1 Å². The Morgan fingerprint density at radius 2 is 1.91 bits per heavy atom. The Kier molecular flexibility index (Phi) is 8.14. The number of hydrogen-bond acceptors (Lipinski definition) is 4. The normalized spacial score (nSPS) is 21.3. The lowest BCUT2D eigenvalue weighted by Gasteiger charge is -2.41. The molecule has 190 valence electrons. The summed E-state index contributed by atoms with van der Waals surface area (Å²) in [6.45, 7) is 6.02. The van der Waals surface area contributed by atoms with Gasteiger partial charge in [-0.25, -0.2) is 0 Å². The van der Waals surface area contributed by atoms with E-state index in [2.05, 4.69) is 36.4 Å². The lowest BCUT2D eigenvalue weighted by Crippen LogP contribution is -2.53. The van der Waals surface area contributed by atoms with Crippen LogP contribution in [0.15, 0.2) is 36.5 Å². The number of hydrogen-bond donors (Lipinski definition) is 1. The Balaban J connectivity index is 1.49.